The molecule has 0 unspecified atom stereocenters. The van der Waals surface area contributed by atoms with Crippen molar-refractivity contribution in [1.82, 2.24) is 5.43 Å². The summed E-state index contributed by atoms with van der Waals surface area (Å²) in [6.45, 7) is 1.96. The van der Waals surface area contributed by atoms with E-state index < -0.39 is 11.9 Å². The lowest BCUT2D eigenvalue weighted by atomic mass is 10.2. The second-order valence-corrected chi connectivity index (χ2v) is 7.97. The van der Waals surface area contributed by atoms with E-state index in [-0.39, 0.29) is 17.9 Å². The summed E-state index contributed by atoms with van der Waals surface area (Å²) in [6, 6.07) is 16.9. The fraction of sp³-hybridized carbons (Fsp3) is 0.192. The molecule has 0 aliphatic heterocycles. The van der Waals surface area contributed by atoms with E-state index in [4.69, 9.17) is 23.7 Å². The lowest BCUT2D eigenvalue weighted by Gasteiger charge is -2.12. The number of ether oxygens (including phenoxy) is 5. The van der Waals surface area contributed by atoms with Crippen LogP contribution in [0.3, 0.4) is 0 Å². The highest BCUT2D eigenvalue weighted by Crippen LogP contribution is 2.31. The van der Waals surface area contributed by atoms with E-state index in [1.807, 2.05) is 19.1 Å². The SMILES string of the molecule is CCOc1cc(C=NNC(=O)COc2ccccc2Br)ccc1OC(=O)c1ccc(OC)c(OC)c1. The molecule has 3 rings (SSSR count). The van der Waals surface area contributed by atoms with Crippen LogP contribution in [0.25, 0.3) is 0 Å². The van der Waals surface area contributed by atoms with Gasteiger partial charge in [-0.2, -0.15) is 5.10 Å². The van der Waals surface area contributed by atoms with Crippen molar-refractivity contribution in [3.05, 3.63) is 76.3 Å². The van der Waals surface area contributed by atoms with Crippen molar-refractivity contribution in [1.29, 1.82) is 0 Å². The van der Waals surface area contributed by atoms with Crippen molar-refractivity contribution in [3.63, 3.8) is 0 Å². The number of rotatable bonds is 11. The van der Waals surface area contributed by atoms with Gasteiger partial charge < -0.3 is 23.7 Å². The molecule has 0 aliphatic rings. The van der Waals surface area contributed by atoms with Crippen LogP contribution in [0.15, 0.2) is 70.2 Å². The predicted molar refractivity (Wildman–Crippen MR) is 137 cm³/mol. The van der Waals surface area contributed by atoms with Crippen LogP contribution in [-0.2, 0) is 4.79 Å². The van der Waals surface area contributed by atoms with E-state index in [1.165, 1.54) is 26.5 Å². The molecule has 0 saturated heterocycles. The van der Waals surface area contributed by atoms with Gasteiger partial charge in [-0.15, -0.1) is 0 Å². The van der Waals surface area contributed by atoms with Gasteiger partial charge in [0.25, 0.3) is 5.91 Å². The number of hydrogen-bond donors (Lipinski definition) is 1. The van der Waals surface area contributed by atoms with Crippen molar-refractivity contribution < 1.29 is 33.3 Å². The molecule has 1 N–H and O–H groups in total. The molecule has 0 aliphatic carbocycles. The number of nitrogens with one attached hydrogen (secondary N) is 1. The van der Waals surface area contributed by atoms with Crippen molar-refractivity contribution in [2.75, 3.05) is 27.4 Å². The Hall–Kier alpha value is -4.05. The number of hydrogen-bond acceptors (Lipinski definition) is 8. The summed E-state index contributed by atoms with van der Waals surface area (Å²) >= 11 is 3.35. The molecule has 188 valence electrons. The number of amides is 1. The molecule has 9 nitrogen and oxygen atoms in total. The van der Waals surface area contributed by atoms with Gasteiger partial charge in [-0.25, -0.2) is 10.2 Å². The van der Waals surface area contributed by atoms with E-state index in [9.17, 15) is 9.59 Å². The van der Waals surface area contributed by atoms with E-state index in [0.29, 0.717) is 35.2 Å². The van der Waals surface area contributed by atoms with Crippen LogP contribution in [0.2, 0.25) is 0 Å². The smallest absolute Gasteiger partial charge is 0.343 e. The Kier molecular flexibility index (Phi) is 9.70. The summed E-state index contributed by atoms with van der Waals surface area (Å²) in [5.74, 6) is 1.03. The molecule has 0 fully saturated rings. The van der Waals surface area contributed by atoms with Crippen LogP contribution in [-0.4, -0.2) is 45.5 Å². The largest absolute Gasteiger partial charge is 0.493 e. The number of halogens is 1. The summed E-state index contributed by atoms with van der Waals surface area (Å²) in [4.78, 5) is 24.7. The fourth-order valence-electron chi connectivity index (χ4n) is 3.00. The second kappa shape index (κ2) is 13.1. The first kappa shape index (κ1) is 26.6. The van der Waals surface area contributed by atoms with E-state index in [2.05, 4.69) is 26.5 Å². The highest BCUT2D eigenvalue weighted by atomic mass is 79.9. The first-order valence-electron chi connectivity index (χ1n) is 10.9. The minimum Gasteiger partial charge on any atom is -0.493 e. The first-order valence-corrected chi connectivity index (χ1v) is 11.6. The van der Waals surface area contributed by atoms with Crippen molar-refractivity contribution in [2.24, 2.45) is 5.10 Å². The molecule has 1 amide bonds. The van der Waals surface area contributed by atoms with Gasteiger partial charge in [0.2, 0.25) is 0 Å². The van der Waals surface area contributed by atoms with Crippen LogP contribution >= 0.6 is 15.9 Å². The molecular weight excluding hydrogens is 532 g/mol. The van der Waals surface area contributed by atoms with E-state index in [0.717, 1.165) is 4.47 Å². The minimum absolute atomic E-state index is 0.199. The zero-order valence-corrected chi connectivity index (χ0v) is 21.5. The van der Waals surface area contributed by atoms with Gasteiger partial charge in [0.1, 0.15) is 5.75 Å². The van der Waals surface area contributed by atoms with Gasteiger partial charge in [0.15, 0.2) is 29.6 Å². The van der Waals surface area contributed by atoms with Crippen LogP contribution in [0.1, 0.15) is 22.8 Å². The van der Waals surface area contributed by atoms with Crippen molar-refractivity contribution in [2.45, 2.75) is 6.92 Å². The normalized spacial score (nSPS) is 10.6. The van der Waals surface area contributed by atoms with E-state index >= 15 is 0 Å². The lowest BCUT2D eigenvalue weighted by molar-refractivity contribution is -0.123. The lowest BCUT2D eigenvalue weighted by Crippen LogP contribution is -2.24. The maximum atomic E-state index is 12.7. The molecular formula is C26H25BrN2O7. The van der Waals surface area contributed by atoms with Gasteiger partial charge in [0, 0.05) is 0 Å². The number of carbonyl (C=O) groups excluding carboxylic acids is 2. The highest BCUT2D eigenvalue weighted by molar-refractivity contribution is 9.10. The maximum Gasteiger partial charge on any atom is 0.343 e. The number of esters is 1. The van der Waals surface area contributed by atoms with Crippen LogP contribution in [0.4, 0.5) is 0 Å². The number of hydrazone groups is 1. The van der Waals surface area contributed by atoms with Gasteiger partial charge in [-0.05, 0) is 76.9 Å². The third-order valence-electron chi connectivity index (χ3n) is 4.69. The molecule has 0 bridgehead atoms. The van der Waals surface area contributed by atoms with E-state index in [1.54, 1.807) is 42.5 Å². The summed E-state index contributed by atoms with van der Waals surface area (Å²) < 4.78 is 27.8. The van der Waals surface area contributed by atoms with Crippen LogP contribution in [0, 0.1) is 0 Å². The van der Waals surface area contributed by atoms with Crippen LogP contribution in [0.5, 0.6) is 28.7 Å². The summed E-state index contributed by atoms with van der Waals surface area (Å²) in [7, 11) is 3.00. The molecule has 36 heavy (non-hydrogen) atoms. The Balaban J connectivity index is 1.63. The van der Waals surface area contributed by atoms with Crippen molar-refractivity contribution in [3.8, 4) is 28.7 Å². The molecule has 0 heterocycles. The highest BCUT2D eigenvalue weighted by Gasteiger charge is 2.16. The Labute approximate surface area is 217 Å². The Morgan fingerprint density at radius 2 is 1.64 bits per heavy atom. The predicted octanol–water partition coefficient (Wildman–Crippen LogP) is 4.61. The molecule has 0 spiro atoms. The minimum atomic E-state index is -0.587. The zero-order chi connectivity index (χ0) is 25.9. The summed E-state index contributed by atoms with van der Waals surface area (Å²) in [5.41, 5.74) is 3.31. The number of carbonyl (C=O) groups is 2. The monoisotopic (exact) mass is 556 g/mol. The van der Waals surface area contributed by atoms with Gasteiger partial charge in [-0.1, -0.05) is 12.1 Å². The second-order valence-electron chi connectivity index (χ2n) is 7.11. The molecule has 0 aromatic heterocycles. The summed E-state index contributed by atoms with van der Waals surface area (Å²) in [6.07, 6.45) is 1.44. The molecule has 10 heteroatoms. The number of para-hydroxylation sites is 1. The summed E-state index contributed by atoms with van der Waals surface area (Å²) in [5, 5.41) is 3.95. The topological polar surface area (TPSA) is 105 Å². The fourth-order valence-corrected chi connectivity index (χ4v) is 3.39. The molecule has 0 atom stereocenters. The molecule has 0 radical (unpaired) electrons. The molecule has 3 aromatic carbocycles. The average molecular weight is 557 g/mol. The number of benzene rings is 3. The van der Waals surface area contributed by atoms with Crippen molar-refractivity contribution >= 4 is 34.0 Å². The van der Waals surface area contributed by atoms with Gasteiger partial charge in [0.05, 0.1) is 37.1 Å². The quantitative estimate of drug-likeness (QED) is 0.159. The Morgan fingerprint density at radius 1 is 0.889 bits per heavy atom. The zero-order valence-electron chi connectivity index (χ0n) is 19.9. The standard InChI is InChI=1S/C26H25BrN2O7/c1-4-34-24-13-17(15-28-29-25(30)16-35-20-8-6-5-7-19(20)27)9-11-22(24)36-26(31)18-10-12-21(32-2)23(14-18)33-3/h5-15H,4,16H2,1-3H3,(H,29,30). The average Bonchev–Trinajstić information content (AvgIpc) is 2.89. The van der Waals surface area contributed by atoms with Gasteiger partial charge in [-0.3, -0.25) is 4.79 Å². The van der Waals surface area contributed by atoms with Crippen LogP contribution < -0.4 is 29.1 Å². The third kappa shape index (κ3) is 7.22. The maximum absolute atomic E-state index is 12.7. The number of methoxy groups -OCH3 is 2. The third-order valence-corrected chi connectivity index (χ3v) is 5.34. The first-order chi connectivity index (χ1) is 17.4. The molecule has 0 saturated carbocycles. The number of nitrogens with zero attached hydrogens (tertiary/aromatic N) is 1. The van der Waals surface area contributed by atoms with Gasteiger partial charge >= 0.3 is 5.97 Å². The Bertz CT molecular complexity index is 1250. The molecule has 3 aromatic rings. The Morgan fingerprint density at radius 3 is 2.36 bits per heavy atom.